The van der Waals surface area contributed by atoms with E-state index in [1.54, 1.807) is 13.0 Å². The van der Waals surface area contributed by atoms with Crippen molar-refractivity contribution in [3.8, 4) is 11.6 Å². The Kier molecular flexibility index (Phi) is 9.36. The molecule has 0 aliphatic heterocycles. The molecule has 39 heavy (non-hydrogen) atoms. The van der Waals surface area contributed by atoms with Crippen molar-refractivity contribution in [3.63, 3.8) is 0 Å². The van der Waals surface area contributed by atoms with E-state index in [0.29, 0.717) is 45.6 Å². The van der Waals surface area contributed by atoms with Gasteiger partial charge in [0.15, 0.2) is 5.43 Å². The van der Waals surface area contributed by atoms with Gasteiger partial charge in [-0.2, -0.15) is 0 Å². The van der Waals surface area contributed by atoms with Crippen LogP contribution in [0, 0.1) is 13.8 Å². The Morgan fingerprint density at radius 3 is 2.36 bits per heavy atom. The number of aryl methyl sites for hydroxylation is 1. The Bertz CT molecular complexity index is 1350. The molecule has 0 unspecified atom stereocenters. The van der Waals surface area contributed by atoms with Crippen LogP contribution >= 0.6 is 11.6 Å². The summed E-state index contributed by atoms with van der Waals surface area (Å²) >= 11 is 6.56. The molecule has 1 amide bonds. The summed E-state index contributed by atoms with van der Waals surface area (Å²) in [7, 11) is 4.30. The van der Waals surface area contributed by atoms with Crippen molar-refractivity contribution in [2.75, 3.05) is 25.5 Å². The monoisotopic (exact) mass is 550 g/mol. The molecule has 1 aliphatic rings. The number of anilines is 1. The lowest BCUT2D eigenvalue weighted by atomic mass is 9.89. The van der Waals surface area contributed by atoms with Crippen molar-refractivity contribution in [1.82, 2.24) is 15.2 Å². The van der Waals surface area contributed by atoms with Crippen LogP contribution < -0.4 is 20.4 Å². The summed E-state index contributed by atoms with van der Waals surface area (Å²) in [4.78, 5) is 34.1. The van der Waals surface area contributed by atoms with Crippen LogP contribution in [0.15, 0.2) is 53.3 Å². The molecule has 0 radical (unpaired) electrons. The fraction of sp³-hybridized carbons (Fsp3) is 0.419. The van der Waals surface area contributed by atoms with Gasteiger partial charge in [0.05, 0.1) is 12.1 Å². The zero-order chi connectivity index (χ0) is 28.1. The molecule has 8 heteroatoms. The van der Waals surface area contributed by atoms with Crippen LogP contribution in [0.25, 0.3) is 0 Å². The molecule has 0 atom stereocenters. The van der Waals surface area contributed by atoms with Gasteiger partial charge >= 0.3 is 0 Å². The van der Waals surface area contributed by atoms with E-state index in [4.69, 9.17) is 16.3 Å². The smallest absolute Gasteiger partial charge is 0.251 e. The van der Waals surface area contributed by atoms with E-state index in [-0.39, 0.29) is 17.9 Å². The minimum absolute atomic E-state index is 0.0178. The summed E-state index contributed by atoms with van der Waals surface area (Å²) in [6.45, 7) is 6.76. The quantitative estimate of drug-likeness (QED) is 0.338. The highest BCUT2D eigenvalue weighted by molar-refractivity contribution is 6.31. The maximum absolute atomic E-state index is 13.4. The second-order valence-electron chi connectivity index (χ2n) is 10.5. The zero-order valence-electron chi connectivity index (χ0n) is 23.5. The zero-order valence-corrected chi connectivity index (χ0v) is 24.3. The Balaban J connectivity index is 1.55. The van der Waals surface area contributed by atoms with Crippen LogP contribution in [0.1, 0.15) is 59.8 Å². The summed E-state index contributed by atoms with van der Waals surface area (Å²) in [5.41, 5.74) is 3.21. The highest BCUT2D eigenvalue weighted by Crippen LogP contribution is 2.34. The molecular weight excluding hydrogens is 512 g/mol. The molecule has 1 aliphatic carbocycles. The molecule has 0 spiro atoms. The van der Waals surface area contributed by atoms with Gasteiger partial charge in [-0.1, -0.05) is 29.8 Å². The molecule has 0 saturated heterocycles. The first-order valence-electron chi connectivity index (χ1n) is 13.6. The van der Waals surface area contributed by atoms with Crippen molar-refractivity contribution in [3.05, 3.63) is 86.2 Å². The Hall–Kier alpha value is -3.29. The van der Waals surface area contributed by atoms with Gasteiger partial charge in [0.25, 0.3) is 5.91 Å². The minimum atomic E-state index is -0.283. The van der Waals surface area contributed by atoms with E-state index < -0.39 is 0 Å². The van der Waals surface area contributed by atoms with Crippen molar-refractivity contribution < 1.29 is 9.53 Å². The number of carbonyl (C=O) groups excluding carboxylic acids is 1. The van der Waals surface area contributed by atoms with Gasteiger partial charge in [-0.3, -0.25) is 9.59 Å². The second kappa shape index (κ2) is 12.7. The first-order chi connectivity index (χ1) is 18.7. The van der Waals surface area contributed by atoms with E-state index in [9.17, 15) is 9.59 Å². The molecule has 0 bridgehead atoms. The Labute approximate surface area is 236 Å². The largest absolute Gasteiger partial charge is 0.441 e. The first kappa shape index (κ1) is 28.7. The van der Waals surface area contributed by atoms with Gasteiger partial charge in [0.2, 0.25) is 5.88 Å². The van der Waals surface area contributed by atoms with Crippen molar-refractivity contribution >= 4 is 23.2 Å². The second-order valence-corrected chi connectivity index (χ2v) is 11.0. The number of amides is 1. The first-order valence-corrected chi connectivity index (χ1v) is 14.0. The van der Waals surface area contributed by atoms with Crippen LogP contribution in [0.5, 0.6) is 11.6 Å². The van der Waals surface area contributed by atoms with Gasteiger partial charge < -0.3 is 24.8 Å². The highest BCUT2D eigenvalue weighted by Gasteiger charge is 2.28. The van der Waals surface area contributed by atoms with Crippen LogP contribution in [-0.4, -0.2) is 48.5 Å². The van der Waals surface area contributed by atoms with E-state index in [1.807, 2.05) is 43.3 Å². The average Bonchev–Trinajstić information content (AvgIpc) is 2.91. The van der Waals surface area contributed by atoms with Crippen molar-refractivity contribution in [2.24, 2.45) is 0 Å². The number of hydrogen-bond acceptors (Lipinski definition) is 5. The summed E-state index contributed by atoms with van der Waals surface area (Å²) in [5, 5.41) is 3.45. The third-order valence-electron chi connectivity index (χ3n) is 7.70. The maximum Gasteiger partial charge on any atom is 0.251 e. The normalized spacial score (nSPS) is 17.2. The van der Waals surface area contributed by atoms with E-state index in [0.717, 1.165) is 43.5 Å². The predicted octanol–water partition coefficient (Wildman–Crippen LogP) is 6.07. The highest BCUT2D eigenvalue weighted by atomic mass is 35.5. The number of para-hydroxylation sites is 1. The number of nitrogens with one attached hydrogen (secondary N) is 2. The lowest BCUT2D eigenvalue weighted by Gasteiger charge is -2.40. The van der Waals surface area contributed by atoms with E-state index >= 15 is 0 Å². The van der Waals surface area contributed by atoms with Crippen molar-refractivity contribution in [2.45, 2.75) is 65.1 Å². The summed E-state index contributed by atoms with van der Waals surface area (Å²) in [6, 6.07) is 15.4. The van der Waals surface area contributed by atoms with Crippen LogP contribution in [0.2, 0.25) is 5.02 Å². The molecule has 1 heterocycles. The van der Waals surface area contributed by atoms with Crippen LogP contribution in [0.4, 0.5) is 5.69 Å². The molecule has 7 nitrogen and oxygen atoms in total. The molecule has 1 aromatic heterocycles. The molecule has 208 valence electrons. The maximum atomic E-state index is 13.4. The number of pyridine rings is 1. The summed E-state index contributed by atoms with van der Waals surface area (Å²) in [5.74, 6) is 0.635. The molecule has 2 aromatic carbocycles. The van der Waals surface area contributed by atoms with E-state index in [1.165, 1.54) is 6.07 Å². The number of halogens is 1. The SMILES string of the molecule is CCN(c1cc(Cl)cc(C(=O)NCc2c(Oc3ccccc3)[nH]c(C)cc2=O)c1C)[C@H]1CC[C@H](N(C)C)CC1. The standard InChI is InChI=1S/C31H39ClN4O3/c1-6-36(24-14-12-23(13-15-24)35(4)5)28-18-22(32)17-26(21(28)3)30(38)33-19-27-29(37)16-20(2)34-31(27)39-25-10-8-7-9-11-25/h7-11,16-18,23-24H,6,12-15,19H2,1-5H3,(H,33,38)(H,34,37)/t23-,24-. The average molecular weight is 551 g/mol. The number of benzene rings is 2. The minimum Gasteiger partial charge on any atom is -0.441 e. The van der Waals surface area contributed by atoms with E-state index in [2.05, 4.69) is 41.1 Å². The third-order valence-corrected chi connectivity index (χ3v) is 7.91. The number of rotatable bonds is 9. The lowest BCUT2D eigenvalue weighted by molar-refractivity contribution is 0.0950. The Morgan fingerprint density at radius 1 is 1.05 bits per heavy atom. The number of aromatic amines is 1. The fourth-order valence-corrected chi connectivity index (χ4v) is 5.73. The number of nitrogens with zero attached hydrogens (tertiary/aromatic N) is 2. The predicted molar refractivity (Wildman–Crippen MR) is 158 cm³/mol. The molecule has 4 rings (SSSR count). The van der Waals surface area contributed by atoms with Crippen LogP contribution in [0.3, 0.4) is 0 Å². The number of aromatic nitrogens is 1. The molecule has 1 fully saturated rings. The van der Waals surface area contributed by atoms with Crippen molar-refractivity contribution in [1.29, 1.82) is 0 Å². The van der Waals surface area contributed by atoms with Gasteiger partial charge in [0.1, 0.15) is 5.75 Å². The summed E-state index contributed by atoms with van der Waals surface area (Å²) < 4.78 is 5.97. The van der Waals surface area contributed by atoms with Gasteiger partial charge in [-0.05, 0) is 90.4 Å². The van der Waals surface area contributed by atoms with Crippen LogP contribution in [-0.2, 0) is 6.54 Å². The number of H-pyrrole nitrogens is 1. The fourth-order valence-electron chi connectivity index (χ4n) is 5.52. The van der Waals surface area contributed by atoms with Gasteiger partial charge in [-0.25, -0.2) is 0 Å². The molecule has 1 saturated carbocycles. The third kappa shape index (κ3) is 6.84. The number of hydrogen-bond donors (Lipinski definition) is 2. The van der Waals surface area contributed by atoms with Gasteiger partial charge in [0, 0.05) is 46.7 Å². The number of ether oxygens (including phenoxy) is 1. The topological polar surface area (TPSA) is 77.7 Å². The van der Waals surface area contributed by atoms with Gasteiger partial charge in [-0.15, -0.1) is 0 Å². The molecule has 2 N–H and O–H groups in total. The Morgan fingerprint density at radius 2 is 1.72 bits per heavy atom. The molecule has 3 aromatic rings. The molecular formula is C31H39ClN4O3. The lowest BCUT2D eigenvalue weighted by Crippen LogP contribution is -2.42. The number of carbonyl (C=O) groups is 1. The summed E-state index contributed by atoms with van der Waals surface area (Å²) in [6.07, 6.45) is 4.51.